The second-order valence-electron chi connectivity index (χ2n) is 7.93. The number of carbonyl (C=O) groups is 4. The van der Waals surface area contributed by atoms with E-state index in [4.69, 9.17) is 33.1 Å². The highest BCUT2D eigenvalue weighted by atomic mass is 35.5. The van der Waals surface area contributed by atoms with Gasteiger partial charge in [0.15, 0.2) is 0 Å². The van der Waals surface area contributed by atoms with Crippen molar-refractivity contribution in [1.82, 2.24) is 26.0 Å². The highest BCUT2D eigenvalue weighted by Gasteiger charge is 2.51. The monoisotopic (exact) mass is 538 g/mol. The topological polar surface area (TPSA) is 173 Å². The summed E-state index contributed by atoms with van der Waals surface area (Å²) in [6.07, 6.45) is -1.56. The molecular formula is C22H22Cl2N5O7-. The predicted molar refractivity (Wildman–Crippen MR) is 124 cm³/mol. The zero-order valence-corrected chi connectivity index (χ0v) is 20.4. The zero-order valence-electron chi connectivity index (χ0n) is 18.9. The first-order valence-corrected chi connectivity index (χ1v) is 11.4. The number of hydrogen-bond donors (Lipinski definition) is 4. The van der Waals surface area contributed by atoms with Gasteiger partial charge in [0.1, 0.15) is 40.3 Å². The maximum Gasteiger partial charge on any atom is 0.265 e. The van der Waals surface area contributed by atoms with Crippen molar-refractivity contribution in [3.63, 3.8) is 0 Å². The normalized spacial score (nSPS) is 17.9. The minimum atomic E-state index is -1.65. The van der Waals surface area contributed by atoms with Crippen LogP contribution in [0.3, 0.4) is 0 Å². The van der Waals surface area contributed by atoms with Crippen LogP contribution in [0.25, 0.3) is 0 Å². The molecule has 192 valence electrons. The fraction of sp³-hybridized carbons (Fsp3) is 0.318. The first-order chi connectivity index (χ1) is 17.1. The summed E-state index contributed by atoms with van der Waals surface area (Å²) in [5, 5.41) is 24.5. The number of amides is 4. The number of nitrogens with zero attached hydrogens (tertiary/aromatic N) is 2. The van der Waals surface area contributed by atoms with Crippen molar-refractivity contribution in [3.05, 3.63) is 57.8 Å². The summed E-state index contributed by atoms with van der Waals surface area (Å²) in [5.41, 5.74) is 0.992. The summed E-state index contributed by atoms with van der Waals surface area (Å²) < 4.78 is 5.74. The third kappa shape index (κ3) is 6.14. The van der Waals surface area contributed by atoms with E-state index in [9.17, 15) is 24.3 Å². The fourth-order valence-corrected chi connectivity index (χ4v) is 4.34. The summed E-state index contributed by atoms with van der Waals surface area (Å²) in [7, 11) is 0. The Kier molecular flexibility index (Phi) is 8.56. The van der Waals surface area contributed by atoms with Gasteiger partial charge < -0.3 is 30.2 Å². The Labute approximate surface area is 215 Å². The second kappa shape index (κ2) is 11.4. The van der Waals surface area contributed by atoms with Gasteiger partial charge in [0.25, 0.3) is 11.8 Å². The lowest BCUT2D eigenvalue weighted by Gasteiger charge is -2.31. The summed E-state index contributed by atoms with van der Waals surface area (Å²) in [5.74, 6) is -1.74. The summed E-state index contributed by atoms with van der Waals surface area (Å²) in [4.78, 5) is 53.6. The Hall–Kier alpha value is -3.61. The molecule has 1 saturated heterocycles. The maximum absolute atomic E-state index is 13.5. The average Bonchev–Trinajstić information content (AvgIpc) is 3.16. The van der Waals surface area contributed by atoms with Gasteiger partial charge >= 0.3 is 0 Å². The van der Waals surface area contributed by atoms with Crippen LogP contribution in [-0.2, 0) is 26.5 Å². The lowest BCUT2D eigenvalue weighted by molar-refractivity contribution is -0.250. The minimum absolute atomic E-state index is 0.0835. The quantitative estimate of drug-likeness (QED) is 0.201. The van der Waals surface area contributed by atoms with E-state index in [2.05, 4.69) is 10.3 Å². The van der Waals surface area contributed by atoms with Gasteiger partial charge in [-0.05, 0) is 42.3 Å². The molecule has 2 atom stereocenters. The molecule has 12 nitrogen and oxygen atoms in total. The van der Waals surface area contributed by atoms with E-state index in [0.717, 1.165) is 0 Å². The van der Waals surface area contributed by atoms with E-state index < -0.39 is 41.9 Å². The van der Waals surface area contributed by atoms with Crippen molar-refractivity contribution in [2.45, 2.75) is 31.5 Å². The molecule has 1 aliphatic heterocycles. The third-order valence-corrected chi connectivity index (χ3v) is 6.02. The first kappa shape index (κ1) is 27.0. The molecule has 1 fully saturated rings. The molecule has 2 heterocycles. The lowest BCUT2D eigenvalue weighted by Crippen LogP contribution is -2.56. The maximum atomic E-state index is 13.5. The smallest absolute Gasteiger partial charge is 0.265 e. The van der Waals surface area contributed by atoms with E-state index in [0.29, 0.717) is 16.9 Å². The van der Waals surface area contributed by atoms with Crippen LogP contribution in [0.5, 0.6) is 5.75 Å². The Morgan fingerprint density at radius 1 is 1.22 bits per heavy atom. The van der Waals surface area contributed by atoms with E-state index in [1.54, 1.807) is 36.4 Å². The van der Waals surface area contributed by atoms with Crippen molar-refractivity contribution in [3.8, 4) is 5.75 Å². The standard InChI is InChI=1S/C22H23Cl2N5O7/c1-12(19(31)28-35)29-7-6-22(20(29)32,27-18(30)10-25-21(33)34)14-2-4-15(5-3-14)36-11-13-8-16(23)26-17(24)9-13/h2-5,8-9,12,25,35H,6-7,10-11H2,1H3,(H,27,30)(H,28,31)(H,33,34)/p-1. The van der Waals surface area contributed by atoms with Crippen LogP contribution in [0.2, 0.25) is 10.3 Å². The highest BCUT2D eigenvalue weighted by Crippen LogP contribution is 2.35. The van der Waals surface area contributed by atoms with Crippen LogP contribution in [0.1, 0.15) is 24.5 Å². The molecular weight excluding hydrogens is 517 g/mol. The van der Waals surface area contributed by atoms with Crippen LogP contribution < -0.4 is 26.0 Å². The summed E-state index contributed by atoms with van der Waals surface area (Å²) in [6.45, 7) is 1.01. The Morgan fingerprint density at radius 3 is 2.44 bits per heavy atom. The largest absolute Gasteiger partial charge is 0.530 e. The highest BCUT2D eigenvalue weighted by molar-refractivity contribution is 6.32. The molecule has 36 heavy (non-hydrogen) atoms. The Bertz CT molecular complexity index is 1140. The molecule has 2 aromatic rings. The van der Waals surface area contributed by atoms with Gasteiger partial charge in [-0.3, -0.25) is 19.6 Å². The minimum Gasteiger partial charge on any atom is -0.530 e. The molecule has 2 unspecified atom stereocenters. The van der Waals surface area contributed by atoms with Gasteiger partial charge in [-0.1, -0.05) is 35.3 Å². The lowest BCUT2D eigenvalue weighted by atomic mass is 9.87. The molecule has 0 radical (unpaired) electrons. The van der Waals surface area contributed by atoms with Crippen molar-refractivity contribution >= 4 is 47.0 Å². The zero-order chi connectivity index (χ0) is 26.5. The molecule has 4 amide bonds. The number of hydroxylamine groups is 1. The molecule has 0 aliphatic carbocycles. The van der Waals surface area contributed by atoms with Crippen LogP contribution in [-0.4, -0.2) is 58.0 Å². The number of aromatic nitrogens is 1. The van der Waals surface area contributed by atoms with Gasteiger partial charge in [-0.25, -0.2) is 10.5 Å². The number of hydrogen-bond acceptors (Lipinski definition) is 8. The summed E-state index contributed by atoms with van der Waals surface area (Å²) in [6, 6.07) is 8.51. The number of ether oxygens (including phenoxy) is 1. The van der Waals surface area contributed by atoms with E-state index in [-0.39, 0.29) is 29.9 Å². The van der Waals surface area contributed by atoms with E-state index >= 15 is 0 Å². The molecule has 0 bridgehead atoms. The molecule has 0 spiro atoms. The average molecular weight is 539 g/mol. The van der Waals surface area contributed by atoms with Crippen molar-refractivity contribution < 1.29 is 34.2 Å². The van der Waals surface area contributed by atoms with Crippen LogP contribution in [0.4, 0.5) is 4.79 Å². The Morgan fingerprint density at radius 2 is 1.86 bits per heavy atom. The number of benzene rings is 1. The van der Waals surface area contributed by atoms with Crippen molar-refractivity contribution in [2.75, 3.05) is 13.1 Å². The molecule has 1 aromatic carbocycles. The van der Waals surface area contributed by atoms with Crippen LogP contribution in [0.15, 0.2) is 36.4 Å². The van der Waals surface area contributed by atoms with Gasteiger partial charge in [0.2, 0.25) is 5.91 Å². The van der Waals surface area contributed by atoms with Crippen molar-refractivity contribution in [1.29, 1.82) is 0 Å². The number of carboxylic acid groups (broad SMARTS) is 1. The number of likely N-dealkylation sites (tertiary alicyclic amines) is 1. The van der Waals surface area contributed by atoms with Gasteiger partial charge in [0, 0.05) is 13.0 Å². The second-order valence-corrected chi connectivity index (χ2v) is 8.70. The van der Waals surface area contributed by atoms with Gasteiger partial charge in [0.05, 0.1) is 6.54 Å². The number of nitrogens with one attached hydrogen (secondary N) is 3. The number of rotatable bonds is 9. The molecule has 14 heteroatoms. The van der Waals surface area contributed by atoms with Crippen LogP contribution >= 0.6 is 23.2 Å². The van der Waals surface area contributed by atoms with Gasteiger partial charge in [-0.2, -0.15) is 0 Å². The molecule has 0 saturated carbocycles. The first-order valence-electron chi connectivity index (χ1n) is 10.6. The van der Waals surface area contributed by atoms with Gasteiger partial charge in [-0.15, -0.1) is 0 Å². The SMILES string of the molecule is CC(C(=O)NO)N1CCC(NC(=O)CNC(=O)[O-])(c2ccc(OCc3cc(Cl)nc(Cl)c3)cc2)C1=O. The van der Waals surface area contributed by atoms with Crippen molar-refractivity contribution in [2.24, 2.45) is 0 Å². The fourth-order valence-electron chi connectivity index (χ4n) is 3.84. The van der Waals surface area contributed by atoms with E-state index in [1.165, 1.54) is 17.3 Å². The number of carbonyl (C=O) groups excluding carboxylic acids is 4. The molecule has 1 aromatic heterocycles. The number of halogens is 2. The molecule has 3 rings (SSSR count). The van der Waals surface area contributed by atoms with Crippen LogP contribution in [0, 0.1) is 0 Å². The third-order valence-electron chi connectivity index (χ3n) is 5.63. The molecule has 4 N–H and O–H groups in total. The summed E-state index contributed by atoms with van der Waals surface area (Å²) >= 11 is 11.8. The van der Waals surface area contributed by atoms with E-state index in [1.807, 2.05) is 5.32 Å². The Balaban J connectivity index is 1.83. The predicted octanol–water partition coefficient (Wildman–Crippen LogP) is 0.338. The number of pyridine rings is 1. The molecule has 1 aliphatic rings.